The lowest BCUT2D eigenvalue weighted by molar-refractivity contribution is -0.117. The van der Waals surface area contributed by atoms with Gasteiger partial charge in [-0.25, -0.2) is 9.67 Å². The SMILES string of the molecule is CCc1nn(CC(=O)Nc2ncco2)c(=O)c2cc3ccccc3n12. The Kier molecular flexibility index (Phi) is 3.57. The van der Waals surface area contributed by atoms with Gasteiger partial charge in [-0.1, -0.05) is 25.1 Å². The van der Waals surface area contributed by atoms with Crippen LogP contribution in [0.1, 0.15) is 12.7 Å². The Labute approximate surface area is 141 Å². The Balaban J connectivity index is 1.79. The van der Waals surface area contributed by atoms with Crippen LogP contribution in [0.25, 0.3) is 16.4 Å². The summed E-state index contributed by atoms with van der Waals surface area (Å²) in [7, 11) is 0. The monoisotopic (exact) mass is 337 g/mol. The molecule has 0 radical (unpaired) electrons. The van der Waals surface area contributed by atoms with E-state index in [1.54, 1.807) is 0 Å². The summed E-state index contributed by atoms with van der Waals surface area (Å²) in [5.41, 5.74) is 1.10. The Morgan fingerprint density at radius 2 is 2.12 bits per heavy atom. The number of hydrogen-bond donors (Lipinski definition) is 1. The maximum atomic E-state index is 12.8. The molecule has 0 saturated heterocycles. The Hall–Kier alpha value is -3.42. The zero-order valence-corrected chi connectivity index (χ0v) is 13.5. The quantitative estimate of drug-likeness (QED) is 0.613. The third-order valence-electron chi connectivity index (χ3n) is 3.95. The first-order valence-electron chi connectivity index (χ1n) is 7.87. The number of carbonyl (C=O) groups excluding carboxylic acids is 1. The molecule has 0 aliphatic heterocycles. The molecule has 3 aromatic heterocycles. The third-order valence-corrected chi connectivity index (χ3v) is 3.95. The minimum absolute atomic E-state index is 0.0864. The average Bonchev–Trinajstić information content (AvgIpc) is 3.25. The molecule has 3 heterocycles. The van der Waals surface area contributed by atoms with Crippen LogP contribution in [-0.4, -0.2) is 25.1 Å². The fraction of sp³-hybridized carbons (Fsp3) is 0.176. The van der Waals surface area contributed by atoms with Crippen molar-refractivity contribution in [3.63, 3.8) is 0 Å². The van der Waals surface area contributed by atoms with E-state index in [0.29, 0.717) is 17.8 Å². The predicted molar refractivity (Wildman–Crippen MR) is 91.5 cm³/mol. The molecule has 0 aliphatic rings. The van der Waals surface area contributed by atoms with Crippen molar-refractivity contribution in [3.05, 3.63) is 59.0 Å². The average molecular weight is 337 g/mol. The van der Waals surface area contributed by atoms with E-state index in [1.807, 2.05) is 41.7 Å². The van der Waals surface area contributed by atoms with Gasteiger partial charge < -0.3 is 4.42 Å². The molecule has 1 N–H and O–H groups in total. The second-order valence-corrected chi connectivity index (χ2v) is 5.54. The van der Waals surface area contributed by atoms with Crippen LogP contribution in [0.2, 0.25) is 0 Å². The number of rotatable bonds is 4. The van der Waals surface area contributed by atoms with Gasteiger partial charge >= 0.3 is 6.01 Å². The van der Waals surface area contributed by atoms with Crippen molar-refractivity contribution in [2.75, 3.05) is 5.32 Å². The highest BCUT2D eigenvalue weighted by Crippen LogP contribution is 2.19. The molecular weight excluding hydrogens is 322 g/mol. The zero-order valence-electron chi connectivity index (χ0n) is 13.5. The molecule has 4 rings (SSSR count). The smallest absolute Gasteiger partial charge is 0.301 e. The second kappa shape index (κ2) is 5.90. The van der Waals surface area contributed by atoms with Gasteiger partial charge in [-0.05, 0) is 12.1 Å². The molecule has 126 valence electrons. The maximum absolute atomic E-state index is 12.8. The number of fused-ring (bicyclic) bond motifs is 3. The lowest BCUT2D eigenvalue weighted by Gasteiger charge is -2.09. The molecule has 0 bridgehead atoms. The van der Waals surface area contributed by atoms with Crippen LogP contribution < -0.4 is 10.9 Å². The summed E-state index contributed by atoms with van der Waals surface area (Å²) in [5.74, 6) is 0.277. The Bertz CT molecular complexity index is 1120. The van der Waals surface area contributed by atoms with E-state index < -0.39 is 5.91 Å². The molecule has 0 unspecified atom stereocenters. The molecule has 0 fully saturated rings. The summed E-state index contributed by atoms with van der Waals surface area (Å²) in [6.07, 6.45) is 3.40. The van der Waals surface area contributed by atoms with Crippen LogP contribution in [-0.2, 0) is 17.8 Å². The van der Waals surface area contributed by atoms with Crippen molar-refractivity contribution in [1.29, 1.82) is 0 Å². The fourth-order valence-electron chi connectivity index (χ4n) is 2.87. The van der Waals surface area contributed by atoms with Gasteiger partial charge in [0.05, 0.1) is 11.7 Å². The number of aryl methyl sites for hydroxylation is 1. The van der Waals surface area contributed by atoms with Crippen LogP contribution in [0, 0.1) is 0 Å². The number of hydrogen-bond acceptors (Lipinski definition) is 5. The van der Waals surface area contributed by atoms with Crippen molar-refractivity contribution < 1.29 is 9.21 Å². The minimum atomic E-state index is -0.431. The molecule has 8 nitrogen and oxygen atoms in total. The summed E-state index contributed by atoms with van der Waals surface area (Å²) in [4.78, 5) is 28.7. The number of benzene rings is 1. The normalized spacial score (nSPS) is 11.2. The van der Waals surface area contributed by atoms with Gasteiger partial charge in [0, 0.05) is 11.8 Å². The summed E-state index contributed by atoms with van der Waals surface area (Å²) in [6, 6.07) is 9.64. The lowest BCUT2D eigenvalue weighted by Crippen LogP contribution is -2.32. The van der Waals surface area contributed by atoms with E-state index in [-0.39, 0.29) is 18.1 Å². The highest BCUT2D eigenvalue weighted by atomic mass is 16.4. The van der Waals surface area contributed by atoms with Crippen LogP contribution in [0.4, 0.5) is 6.01 Å². The van der Waals surface area contributed by atoms with E-state index in [0.717, 1.165) is 10.9 Å². The van der Waals surface area contributed by atoms with Crippen molar-refractivity contribution in [2.45, 2.75) is 19.9 Å². The van der Waals surface area contributed by atoms with Gasteiger partial charge in [0.1, 0.15) is 24.1 Å². The number of amides is 1. The van der Waals surface area contributed by atoms with Gasteiger partial charge in [0.25, 0.3) is 5.56 Å². The first-order chi connectivity index (χ1) is 12.2. The Morgan fingerprint density at radius 1 is 1.28 bits per heavy atom. The summed E-state index contributed by atoms with van der Waals surface area (Å²) in [5, 5.41) is 7.81. The summed E-state index contributed by atoms with van der Waals surface area (Å²) in [6.45, 7) is 1.74. The molecule has 25 heavy (non-hydrogen) atoms. The molecule has 8 heteroatoms. The fourth-order valence-corrected chi connectivity index (χ4v) is 2.87. The van der Waals surface area contributed by atoms with E-state index in [2.05, 4.69) is 15.4 Å². The Morgan fingerprint density at radius 3 is 2.88 bits per heavy atom. The predicted octanol–water partition coefficient (Wildman–Crippen LogP) is 1.84. The molecule has 4 aromatic rings. The lowest BCUT2D eigenvalue weighted by atomic mass is 10.2. The second-order valence-electron chi connectivity index (χ2n) is 5.54. The molecule has 0 atom stereocenters. The molecule has 0 saturated carbocycles. The number of aromatic nitrogens is 4. The number of para-hydroxylation sites is 1. The van der Waals surface area contributed by atoms with Crippen LogP contribution in [0.3, 0.4) is 0 Å². The first-order valence-corrected chi connectivity index (χ1v) is 7.87. The van der Waals surface area contributed by atoms with Crippen molar-refractivity contribution in [1.82, 2.24) is 19.2 Å². The van der Waals surface area contributed by atoms with Gasteiger partial charge in [-0.2, -0.15) is 5.10 Å². The van der Waals surface area contributed by atoms with E-state index >= 15 is 0 Å². The highest BCUT2D eigenvalue weighted by molar-refractivity contribution is 5.89. The van der Waals surface area contributed by atoms with E-state index in [4.69, 9.17) is 4.42 Å². The van der Waals surface area contributed by atoms with Crippen LogP contribution in [0.15, 0.2) is 52.0 Å². The largest absolute Gasteiger partial charge is 0.432 e. The number of nitrogens with one attached hydrogen (secondary N) is 1. The van der Waals surface area contributed by atoms with Crippen molar-refractivity contribution >= 4 is 28.3 Å². The summed E-state index contributed by atoms with van der Waals surface area (Å²) < 4.78 is 7.99. The van der Waals surface area contributed by atoms with E-state index in [9.17, 15) is 9.59 Å². The van der Waals surface area contributed by atoms with Crippen molar-refractivity contribution in [2.24, 2.45) is 0 Å². The van der Waals surface area contributed by atoms with E-state index in [1.165, 1.54) is 17.1 Å². The van der Waals surface area contributed by atoms with Crippen molar-refractivity contribution in [3.8, 4) is 0 Å². The zero-order chi connectivity index (χ0) is 17.4. The molecule has 0 spiro atoms. The number of oxazole rings is 1. The number of nitrogens with zero attached hydrogens (tertiary/aromatic N) is 4. The number of carbonyl (C=O) groups is 1. The van der Waals surface area contributed by atoms with Gasteiger partial charge in [-0.3, -0.25) is 19.3 Å². The molecule has 0 aliphatic carbocycles. The molecule has 1 aromatic carbocycles. The van der Waals surface area contributed by atoms with Crippen LogP contribution in [0.5, 0.6) is 0 Å². The summed E-state index contributed by atoms with van der Waals surface area (Å²) >= 11 is 0. The topological polar surface area (TPSA) is 94.4 Å². The number of anilines is 1. The highest BCUT2D eigenvalue weighted by Gasteiger charge is 2.15. The minimum Gasteiger partial charge on any atom is -0.432 e. The molecular formula is C17H15N5O3. The van der Waals surface area contributed by atoms with Gasteiger partial charge in [0.15, 0.2) is 0 Å². The first kappa shape index (κ1) is 15.1. The maximum Gasteiger partial charge on any atom is 0.301 e. The van der Waals surface area contributed by atoms with Crippen LogP contribution >= 0.6 is 0 Å². The standard InChI is InChI=1S/C17H15N5O3/c1-2-14-20-21(10-15(23)19-17-18-7-8-25-17)16(24)13-9-11-5-3-4-6-12(11)22(13)14/h3-9H,2,10H2,1H3,(H,18,19,23). The van der Waals surface area contributed by atoms with Gasteiger partial charge in [-0.15, -0.1) is 0 Å². The van der Waals surface area contributed by atoms with Gasteiger partial charge in [0.2, 0.25) is 5.91 Å². The third kappa shape index (κ3) is 2.57. The molecule has 1 amide bonds.